The molecule has 4 rings (SSSR count). The number of para-hydroxylation sites is 1. The van der Waals surface area contributed by atoms with Gasteiger partial charge in [0.15, 0.2) is 0 Å². The third-order valence-corrected chi connectivity index (χ3v) is 6.88. The third-order valence-electron chi connectivity index (χ3n) is 6.21. The highest BCUT2D eigenvalue weighted by molar-refractivity contribution is 9.10. The van der Waals surface area contributed by atoms with Crippen LogP contribution in [0.25, 0.3) is 0 Å². The molecule has 2 saturated heterocycles. The maximum Gasteiger partial charge on any atom is 0.239 e. The molecular formula is C24H28BrN3O3. The van der Waals surface area contributed by atoms with Crippen LogP contribution >= 0.6 is 15.9 Å². The minimum Gasteiger partial charge on any atom is -0.497 e. The quantitative estimate of drug-likeness (QED) is 0.589. The molecule has 2 aliphatic heterocycles. The molecule has 7 heteroatoms. The first kappa shape index (κ1) is 21.8. The van der Waals surface area contributed by atoms with E-state index in [0.29, 0.717) is 26.1 Å². The number of hydrogen-bond donors (Lipinski definition) is 0. The van der Waals surface area contributed by atoms with E-state index in [1.807, 2.05) is 41.3 Å². The molecule has 31 heavy (non-hydrogen) atoms. The van der Waals surface area contributed by atoms with Crippen molar-refractivity contribution in [3.05, 3.63) is 58.6 Å². The highest BCUT2D eigenvalue weighted by atomic mass is 79.9. The molecule has 0 radical (unpaired) electrons. The highest BCUT2D eigenvalue weighted by Crippen LogP contribution is 2.32. The fraction of sp³-hybridized carbons (Fsp3) is 0.417. The number of nitrogens with zero attached hydrogens (tertiary/aromatic N) is 3. The number of anilines is 1. The van der Waals surface area contributed by atoms with Crippen molar-refractivity contribution in [2.75, 3.05) is 51.3 Å². The zero-order chi connectivity index (χ0) is 21.8. The number of piperazine rings is 1. The molecule has 2 aromatic rings. The number of carbonyl (C=O) groups is 2. The van der Waals surface area contributed by atoms with E-state index in [1.165, 1.54) is 5.56 Å². The van der Waals surface area contributed by atoms with Crippen LogP contribution in [0.1, 0.15) is 12.0 Å². The minimum absolute atomic E-state index is 0.0191. The number of ether oxygens (including phenoxy) is 1. The molecule has 0 saturated carbocycles. The first-order valence-corrected chi connectivity index (χ1v) is 11.6. The number of carbonyl (C=O) groups excluding carboxylic acids is 2. The van der Waals surface area contributed by atoms with E-state index in [4.69, 9.17) is 4.74 Å². The van der Waals surface area contributed by atoms with Gasteiger partial charge in [-0.1, -0.05) is 24.3 Å². The lowest BCUT2D eigenvalue weighted by molar-refractivity contribution is -0.141. The smallest absolute Gasteiger partial charge is 0.239 e. The number of halogens is 1. The van der Waals surface area contributed by atoms with Gasteiger partial charge in [0.1, 0.15) is 11.7 Å². The lowest BCUT2D eigenvalue weighted by Gasteiger charge is -2.35. The van der Waals surface area contributed by atoms with Gasteiger partial charge in [-0.25, -0.2) is 0 Å². The first-order chi connectivity index (χ1) is 15.1. The molecule has 164 valence electrons. The SMILES string of the molecule is COc1ccc(CCN2CCN(C(=O)C3CCN(c4ccccc4Br)C3=O)CC2)cc1. The Morgan fingerprint density at radius 1 is 1.03 bits per heavy atom. The van der Waals surface area contributed by atoms with Gasteiger partial charge in [-0.15, -0.1) is 0 Å². The molecule has 2 amide bonds. The molecule has 0 spiro atoms. The molecule has 0 N–H and O–H groups in total. The summed E-state index contributed by atoms with van der Waals surface area (Å²) in [7, 11) is 1.67. The van der Waals surface area contributed by atoms with Crippen LogP contribution in [0.4, 0.5) is 5.69 Å². The molecule has 2 fully saturated rings. The standard InChI is InChI=1S/C24H28BrN3O3/c1-31-19-8-6-18(7-9-19)10-12-26-14-16-27(17-15-26)23(29)20-11-13-28(24(20)30)22-5-3-2-4-21(22)25/h2-9,20H,10-17H2,1H3. The van der Waals surface area contributed by atoms with Gasteiger partial charge in [-0.3, -0.25) is 14.5 Å². The van der Waals surface area contributed by atoms with Crippen LogP contribution in [0.15, 0.2) is 53.0 Å². The number of rotatable bonds is 6. The molecule has 2 aromatic carbocycles. The van der Waals surface area contributed by atoms with Gasteiger partial charge in [0.2, 0.25) is 11.8 Å². The van der Waals surface area contributed by atoms with Crippen molar-refractivity contribution in [1.29, 1.82) is 0 Å². The number of amides is 2. The summed E-state index contributed by atoms with van der Waals surface area (Å²) in [4.78, 5) is 32.0. The van der Waals surface area contributed by atoms with Crippen molar-refractivity contribution >= 4 is 33.4 Å². The number of hydrogen-bond acceptors (Lipinski definition) is 4. The summed E-state index contributed by atoms with van der Waals surface area (Å²) in [5.74, 6) is 0.210. The summed E-state index contributed by atoms with van der Waals surface area (Å²) in [5.41, 5.74) is 2.12. The Labute approximate surface area is 191 Å². The number of methoxy groups -OCH3 is 1. The zero-order valence-electron chi connectivity index (χ0n) is 17.8. The average molecular weight is 486 g/mol. The van der Waals surface area contributed by atoms with E-state index in [2.05, 4.69) is 33.0 Å². The van der Waals surface area contributed by atoms with E-state index >= 15 is 0 Å². The normalized spacial score (nSPS) is 19.7. The maximum atomic E-state index is 13.1. The van der Waals surface area contributed by atoms with Crippen molar-refractivity contribution in [1.82, 2.24) is 9.80 Å². The van der Waals surface area contributed by atoms with E-state index in [-0.39, 0.29) is 11.8 Å². The summed E-state index contributed by atoms with van der Waals surface area (Å²) < 4.78 is 6.08. The Balaban J connectivity index is 1.27. The fourth-order valence-electron chi connectivity index (χ4n) is 4.31. The van der Waals surface area contributed by atoms with Crippen LogP contribution in [0.5, 0.6) is 5.75 Å². The second kappa shape index (κ2) is 9.83. The van der Waals surface area contributed by atoms with Gasteiger partial charge in [-0.2, -0.15) is 0 Å². The minimum atomic E-state index is -0.557. The van der Waals surface area contributed by atoms with Crippen molar-refractivity contribution in [2.45, 2.75) is 12.8 Å². The number of benzene rings is 2. The van der Waals surface area contributed by atoms with Gasteiger partial charge < -0.3 is 14.5 Å². The van der Waals surface area contributed by atoms with Gasteiger partial charge in [0, 0.05) is 43.7 Å². The van der Waals surface area contributed by atoms with Crippen molar-refractivity contribution < 1.29 is 14.3 Å². The molecule has 0 aromatic heterocycles. The highest BCUT2D eigenvalue weighted by Gasteiger charge is 2.40. The third kappa shape index (κ3) is 4.93. The van der Waals surface area contributed by atoms with E-state index in [0.717, 1.165) is 42.0 Å². The van der Waals surface area contributed by atoms with E-state index in [9.17, 15) is 9.59 Å². The van der Waals surface area contributed by atoms with E-state index < -0.39 is 5.92 Å². The summed E-state index contributed by atoms with van der Waals surface area (Å²) in [6.45, 7) is 4.60. The maximum absolute atomic E-state index is 13.1. The van der Waals surface area contributed by atoms with E-state index in [1.54, 1.807) is 12.0 Å². The molecule has 1 unspecified atom stereocenters. The Bertz CT molecular complexity index is 926. The largest absolute Gasteiger partial charge is 0.497 e. The average Bonchev–Trinajstić information content (AvgIpc) is 3.19. The van der Waals surface area contributed by atoms with Crippen molar-refractivity contribution in [3.8, 4) is 5.75 Å². The lowest BCUT2D eigenvalue weighted by Crippen LogP contribution is -2.51. The summed E-state index contributed by atoms with van der Waals surface area (Å²) in [5, 5.41) is 0. The van der Waals surface area contributed by atoms with Crippen LogP contribution < -0.4 is 9.64 Å². The predicted molar refractivity (Wildman–Crippen MR) is 124 cm³/mol. The molecule has 2 aliphatic rings. The molecule has 0 aliphatic carbocycles. The molecule has 2 heterocycles. The Morgan fingerprint density at radius 3 is 2.42 bits per heavy atom. The molecule has 0 bridgehead atoms. The Hall–Kier alpha value is -2.38. The topological polar surface area (TPSA) is 53.1 Å². The van der Waals surface area contributed by atoms with Crippen LogP contribution in [0, 0.1) is 5.92 Å². The molecule has 6 nitrogen and oxygen atoms in total. The van der Waals surface area contributed by atoms with Crippen molar-refractivity contribution in [3.63, 3.8) is 0 Å². The van der Waals surface area contributed by atoms with Crippen LogP contribution in [0.3, 0.4) is 0 Å². The summed E-state index contributed by atoms with van der Waals surface area (Å²) in [6, 6.07) is 15.8. The van der Waals surface area contributed by atoms with Gasteiger partial charge in [0.05, 0.1) is 12.8 Å². The fourth-order valence-corrected chi connectivity index (χ4v) is 4.81. The van der Waals surface area contributed by atoms with Gasteiger partial charge in [0.25, 0.3) is 0 Å². The predicted octanol–water partition coefficient (Wildman–Crippen LogP) is 3.20. The summed E-state index contributed by atoms with van der Waals surface area (Å²) >= 11 is 3.51. The Morgan fingerprint density at radius 2 is 1.74 bits per heavy atom. The lowest BCUT2D eigenvalue weighted by atomic mass is 10.1. The second-order valence-corrected chi connectivity index (χ2v) is 8.90. The second-order valence-electron chi connectivity index (χ2n) is 8.05. The van der Waals surface area contributed by atoms with Crippen molar-refractivity contribution in [2.24, 2.45) is 5.92 Å². The van der Waals surface area contributed by atoms with Crippen LogP contribution in [-0.2, 0) is 16.0 Å². The zero-order valence-corrected chi connectivity index (χ0v) is 19.4. The first-order valence-electron chi connectivity index (χ1n) is 10.8. The monoisotopic (exact) mass is 485 g/mol. The molecule has 1 atom stereocenters. The molecular weight excluding hydrogens is 458 g/mol. The van der Waals surface area contributed by atoms with Gasteiger partial charge >= 0.3 is 0 Å². The van der Waals surface area contributed by atoms with Gasteiger partial charge in [-0.05, 0) is 58.6 Å². The van der Waals surface area contributed by atoms with Crippen LogP contribution in [-0.4, -0.2) is 68.0 Å². The van der Waals surface area contributed by atoms with Crippen LogP contribution in [0.2, 0.25) is 0 Å². The summed E-state index contributed by atoms with van der Waals surface area (Å²) in [6.07, 6.45) is 1.55. The Kier molecular flexibility index (Phi) is 6.92.